The zero-order valence-corrected chi connectivity index (χ0v) is 13.7. The maximum absolute atomic E-state index is 12.1. The van der Waals surface area contributed by atoms with Gasteiger partial charge in [0.05, 0.1) is 7.11 Å². The second-order valence-corrected chi connectivity index (χ2v) is 6.23. The largest absolute Gasteiger partial charge is 0.477 e. The minimum absolute atomic E-state index is 0.00575. The summed E-state index contributed by atoms with van der Waals surface area (Å²) in [6, 6.07) is 2.04. The Bertz CT molecular complexity index is 640. The highest BCUT2D eigenvalue weighted by Crippen LogP contribution is 2.27. The van der Waals surface area contributed by atoms with Gasteiger partial charge < -0.3 is 14.8 Å². The maximum Gasteiger partial charge on any atom is 0.278 e. The molecule has 1 amide bonds. The molecule has 0 atom stereocenters. The number of carbonyl (C=O) groups excluding carboxylic acids is 1. The van der Waals surface area contributed by atoms with E-state index < -0.39 is 0 Å². The number of rotatable bonds is 5. The van der Waals surface area contributed by atoms with Crippen molar-refractivity contribution < 1.29 is 14.3 Å². The summed E-state index contributed by atoms with van der Waals surface area (Å²) in [4.78, 5) is 20.3. The average molecular weight is 333 g/mol. The lowest BCUT2D eigenvalue weighted by Gasteiger charge is -2.29. The number of nitrogens with one attached hydrogen (secondary N) is 1. The summed E-state index contributed by atoms with van der Waals surface area (Å²) in [5, 5.41) is 6.86. The molecule has 1 fully saturated rings. The van der Waals surface area contributed by atoms with Crippen molar-refractivity contribution in [2.45, 2.75) is 37.8 Å². The fourth-order valence-electron chi connectivity index (χ4n) is 2.68. The minimum Gasteiger partial charge on any atom is -0.477 e. The van der Waals surface area contributed by atoms with Gasteiger partial charge in [0.2, 0.25) is 0 Å². The number of carbonyl (C=O) groups is 1. The van der Waals surface area contributed by atoms with Crippen molar-refractivity contribution in [3.05, 3.63) is 34.8 Å². The van der Waals surface area contributed by atoms with Gasteiger partial charge in [-0.05, 0) is 37.1 Å². The summed E-state index contributed by atoms with van der Waals surface area (Å²) in [6.45, 7) is 0. The quantitative estimate of drug-likeness (QED) is 0.910. The standard InChI is InChI=1S/C16H19N3O3S/c1-21-15-16(18-8-7-17-15)22-13-4-2-12(3-5-13)19-14(20)11-6-9-23-10-11/h6-10,12-13H,2-5H2,1H3,(H,19,20). The van der Waals surface area contributed by atoms with E-state index in [9.17, 15) is 4.79 Å². The summed E-state index contributed by atoms with van der Waals surface area (Å²) < 4.78 is 11.0. The van der Waals surface area contributed by atoms with Crippen LogP contribution < -0.4 is 14.8 Å². The number of hydrogen-bond acceptors (Lipinski definition) is 6. The number of methoxy groups -OCH3 is 1. The first-order valence-corrected chi connectivity index (χ1v) is 8.55. The molecule has 3 rings (SSSR count). The monoisotopic (exact) mass is 333 g/mol. The third-order valence-electron chi connectivity index (χ3n) is 3.90. The number of ether oxygens (including phenoxy) is 2. The first kappa shape index (κ1) is 15.7. The maximum atomic E-state index is 12.1. The molecule has 2 heterocycles. The molecule has 0 aliphatic heterocycles. The van der Waals surface area contributed by atoms with Crippen LogP contribution in [-0.2, 0) is 0 Å². The van der Waals surface area contributed by atoms with Gasteiger partial charge >= 0.3 is 0 Å². The van der Waals surface area contributed by atoms with Crippen molar-refractivity contribution in [1.29, 1.82) is 0 Å². The Balaban J connectivity index is 1.49. The average Bonchev–Trinajstić information content (AvgIpc) is 3.12. The Morgan fingerprint density at radius 3 is 2.61 bits per heavy atom. The van der Waals surface area contributed by atoms with E-state index >= 15 is 0 Å². The molecule has 1 N–H and O–H groups in total. The van der Waals surface area contributed by atoms with Crippen molar-refractivity contribution in [2.75, 3.05) is 7.11 Å². The lowest BCUT2D eigenvalue weighted by atomic mass is 9.93. The van der Waals surface area contributed by atoms with Gasteiger partial charge in [-0.3, -0.25) is 4.79 Å². The predicted octanol–water partition coefficient (Wildman–Crippen LogP) is 2.67. The first-order chi connectivity index (χ1) is 11.3. The number of hydrogen-bond donors (Lipinski definition) is 1. The Morgan fingerprint density at radius 1 is 1.22 bits per heavy atom. The fraction of sp³-hybridized carbons (Fsp3) is 0.438. The van der Waals surface area contributed by atoms with Crippen molar-refractivity contribution in [1.82, 2.24) is 15.3 Å². The molecule has 0 spiro atoms. The Kier molecular flexibility index (Phi) is 5.07. The molecule has 6 nitrogen and oxygen atoms in total. The fourth-order valence-corrected chi connectivity index (χ4v) is 3.31. The van der Waals surface area contributed by atoms with Crippen LogP contribution >= 0.6 is 11.3 Å². The van der Waals surface area contributed by atoms with Crippen LogP contribution in [0, 0.1) is 0 Å². The summed E-state index contributed by atoms with van der Waals surface area (Å²) >= 11 is 1.53. The molecule has 1 saturated carbocycles. The topological polar surface area (TPSA) is 73.3 Å². The van der Waals surface area contributed by atoms with E-state index in [4.69, 9.17) is 9.47 Å². The summed E-state index contributed by atoms with van der Waals surface area (Å²) in [7, 11) is 1.55. The van der Waals surface area contributed by atoms with Gasteiger partial charge in [0.1, 0.15) is 6.10 Å². The number of thiophene rings is 1. The normalized spacial score (nSPS) is 20.7. The molecule has 0 radical (unpaired) electrons. The van der Waals surface area contributed by atoms with E-state index in [2.05, 4.69) is 15.3 Å². The molecule has 0 unspecified atom stereocenters. The zero-order chi connectivity index (χ0) is 16.1. The van der Waals surface area contributed by atoms with Crippen molar-refractivity contribution in [3.8, 4) is 11.8 Å². The molecule has 2 aromatic rings. The molecule has 122 valence electrons. The Labute approximate surface area is 138 Å². The Hall–Kier alpha value is -2.15. The van der Waals surface area contributed by atoms with Crippen LogP contribution in [0.15, 0.2) is 29.2 Å². The smallest absolute Gasteiger partial charge is 0.278 e. The molecular formula is C16H19N3O3S. The third-order valence-corrected chi connectivity index (χ3v) is 4.58. The number of nitrogens with zero attached hydrogens (tertiary/aromatic N) is 2. The van der Waals surface area contributed by atoms with Crippen LogP contribution in [-0.4, -0.2) is 35.1 Å². The minimum atomic E-state index is 0.00575. The molecule has 2 aromatic heterocycles. The van der Waals surface area contributed by atoms with E-state index in [1.165, 1.54) is 11.3 Å². The molecule has 0 aromatic carbocycles. The van der Waals surface area contributed by atoms with E-state index in [0.29, 0.717) is 11.8 Å². The lowest BCUT2D eigenvalue weighted by molar-refractivity contribution is 0.0887. The Morgan fingerprint density at radius 2 is 1.96 bits per heavy atom. The van der Waals surface area contributed by atoms with E-state index in [0.717, 1.165) is 31.2 Å². The number of amides is 1. The molecule has 1 aliphatic carbocycles. The summed E-state index contributed by atoms with van der Waals surface area (Å²) in [6.07, 6.45) is 6.76. The van der Waals surface area contributed by atoms with Crippen molar-refractivity contribution in [3.63, 3.8) is 0 Å². The molecule has 1 aliphatic rings. The highest BCUT2D eigenvalue weighted by molar-refractivity contribution is 7.08. The summed E-state index contributed by atoms with van der Waals surface area (Å²) in [5.41, 5.74) is 0.734. The van der Waals surface area contributed by atoms with Gasteiger partial charge in [-0.15, -0.1) is 0 Å². The summed E-state index contributed by atoms with van der Waals surface area (Å²) in [5.74, 6) is 0.840. The van der Waals surface area contributed by atoms with Crippen LogP contribution in [0.2, 0.25) is 0 Å². The van der Waals surface area contributed by atoms with Gasteiger partial charge in [0.25, 0.3) is 17.7 Å². The van der Waals surface area contributed by atoms with E-state index in [1.807, 2.05) is 16.8 Å². The van der Waals surface area contributed by atoms with Crippen LogP contribution in [0.5, 0.6) is 11.8 Å². The molecule has 0 saturated heterocycles. The highest BCUT2D eigenvalue weighted by atomic mass is 32.1. The van der Waals surface area contributed by atoms with Crippen LogP contribution in [0.25, 0.3) is 0 Å². The SMILES string of the molecule is COc1nccnc1OC1CCC(NC(=O)c2ccsc2)CC1. The van der Waals surface area contributed by atoms with Crippen LogP contribution in [0.4, 0.5) is 0 Å². The van der Waals surface area contributed by atoms with Gasteiger partial charge in [-0.25, -0.2) is 9.97 Å². The molecule has 7 heteroatoms. The molecule has 23 heavy (non-hydrogen) atoms. The third kappa shape index (κ3) is 3.98. The molecular weight excluding hydrogens is 314 g/mol. The van der Waals surface area contributed by atoms with E-state index in [1.54, 1.807) is 19.5 Å². The van der Waals surface area contributed by atoms with Crippen LogP contribution in [0.1, 0.15) is 36.0 Å². The van der Waals surface area contributed by atoms with Gasteiger partial charge in [0, 0.05) is 29.4 Å². The van der Waals surface area contributed by atoms with E-state index in [-0.39, 0.29) is 18.1 Å². The lowest BCUT2D eigenvalue weighted by Crippen LogP contribution is -2.39. The second kappa shape index (κ2) is 7.41. The van der Waals surface area contributed by atoms with Gasteiger partial charge in [0.15, 0.2) is 0 Å². The molecule has 0 bridgehead atoms. The number of aromatic nitrogens is 2. The first-order valence-electron chi connectivity index (χ1n) is 7.61. The zero-order valence-electron chi connectivity index (χ0n) is 12.9. The van der Waals surface area contributed by atoms with Crippen LogP contribution in [0.3, 0.4) is 0 Å². The van der Waals surface area contributed by atoms with Gasteiger partial charge in [-0.1, -0.05) is 0 Å². The highest BCUT2D eigenvalue weighted by Gasteiger charge is 2.25. The second-order valence-electron chi connectivity index (χ2n) is 5.45. The van der Waals surface area contributed by atoms with Crippen molar-refractivity contribution in [2.24, 2.45) is 0 Å². The van der Waals surface area contributed by atoms with Gasteiger partial charge in [-0.2, -0.15) is 11.3 Å². The predicted molar refractivity (Wildman–Crippen MR) is 87.0 cm³/mol. The van der Waals surface area contributed by atoms with Crippen molar-refractivity contribution >= 4 is 17.2 Å².